The number of carbonyl (C=O) groups is 2. The lowest BCUT2D eigenvalue weighted by Crippen LogP contribution is -2.28. The molecule has 1 unspecified atom stereocenters. The zero-order valence-corrected chi connectivity index (χ0v) is 13.7. The number of fused-ring (bicyclic) bond motifs is 1. The van der Waals surface area contributed by atoms with Crippen LogP contribution in [-0.2, 0) is 9.53 Å². The quantitative estimate of drug-likeness (QED) is 0.842. The standard InChI is InChI=1S/C18H21NO4/c1-11(16(20)21)19-15-13-8-6-5-7-12(13)9-10-14(15)17(22)23-18(2,3)4/h5-11,19H,1-4H3,(H,20,21). The average Bonchev–Trinajstić information content (AvgIpc) is 2.45. The minimum Gasteiger partial charge on any atom is -0.480 e. The molecule has 2 aromatic rings. The van der Waals surface area contributed by atoms with Gasteiger partial charge in [0.2, 0.25) is 0 Å². The van der Waals surface area contributed by atoms with E-state index in [4.69, 9.17) is 9.84 Å². The fourth-order valence-corrected chi connectivity index (χ4v) is 2.21. The van der Waals surface area contributed by atoms with Crippen molar-refractivity contribution in [1.29, 1.82) is 0 Å². The largest absolute Gasteiger partial charge is 0.480 e. The number of carboxylic acids is 1. The highest BCUT2D eigenvalue weighted by Gasteiger charge is 2.23. The van der Waals surface area contributed by atoms with Gasteiger partial charge in [0.1, 0.15) is 11.6 Å². The third-order valence-electron chi connectivity index (χ3n) is 3.28. The van der Waals surface area contributed by atoms with Gasteiger partial charge < -0.3 is 15.2 Å². The molecule has 1 atom stereocenters. The molecule has 0 spiro atoms. The smallest absolute Gasteiger partial charge is 0.340 e. The summed E-state index contributed by atoms with van der Waals surface area (Å²) in [7, 11) is 0. The highest BCUT2D eigenvalue weighted by Crippen LogP contribution is 2.29. The van der Waals surface area contributed by atoms with E-state index in [2.05, 4.69) is 5.32 Å². The molecule has 0 saturated carbocycles. The van der Waals surface area contributed by atoms with E-state index in [1.165, 1.54) is 6.92 Å². The Balaban J connectivity index is 2.55. The number of anilines is 1. The Morgan fingerprint density at radius 2 is 1.78 bits per heavy atom. The van der Waals surface area contributed by atoms with Crippen LogP contribution in [0.25, 0.3) is 10.8 Å². The molecule has 23 heavy (non-hydrogen) atoms. The van der Waals surface area contributed by atoms with E-state index in [0.29, 0.717) is 11.3 Å². The van der Waals surface area contributed by atoms with Crippen LogP contribution in [0.1, 0.15) is 38.1 Å². The summed E-state index contributed by atoms with van der Waals surface area (Å²) in [5, 5.41) is 13.8. The fraction of sp³-hybridized carbons (Fsp3) is 0.333. The van der Waals surface area contributed by atoms with Gasteiger partial charge in [-0.25, -0.2) is 4.79 Å². The molecule has 0 aliphatic heterocycles. The maximum atomic E-state index is 12.5. The maximum Gasteiger partial charge on any atom is 0.340 e. The van der Waals surface area contributed by atoms with Crippen molar-refractivity contribution in [2.75, 3.05) is 5.32 Å². The minimum atomic E-state index is -0.993. The molecule has 0 saturated heterocycles. The summed E-state index contributed by atoms with van der Waals surface area (Å²) in [5.41, 5.74) is 0.178. The number of esters is 1. The van der Waals surface area contributed by atoms with Crippen molar-refractivity contribution in [3.8, 4) is 0 Å². The van der Waals surface area contributed by atoms with Gasteiger partial charge in [-0.1, -0.05) is 30.3 Å². The van der Waals surface area contributed by atoms with Crippen molar-refractivity contribution in [3.63, 3.8) is 0 Å². The van der Waals surface area contributed by atoms with Gasteiger partial charge in [-0.2, -0.15) is 0 Å². The van der Waals surface area contributed by atoms with Gasteiger partial charge in [0.15, 0.2) is 0 Å². The number of hydrogen-bond donors (Lipinski definition) is 2. The number of carbonyl (C=O) groups excluding carboxylic acids is 1. The minimum absolute atomic E-state index is 0.326. The Morgan fingerprint density at radius 1 is 1.13 bits per heavy atom. The summed E-state index contributed by atoms with van der Waals surface area (Å²) < 4.78 is 5.43. The van der Waals surface area contributed by atoms with Gasteiger partial charge >= 0.3 is 11.9 Å². The first kappa shape index (κ1) is 16.8. The molecule has 2 rings (SSSR count). The van der Waals surface area contributed by atoms with Crippen molar-refractivity contribution in [1.82, 2.24) is 0 Å². The number of carboxylic acid groups (broad SMARTS) is 1. The van der Waals surface area contributed by atoms with E-state index in [0.717, 1.165) is 10.8 Å². The molecule has 0 aliphatic carbocycles. The summed E-state index contributed by atoms with van der Waals surface area (Å²) in [6.07, 6.45) is 0. The average molecular weight is 315 g/mol. The van der Waals surface area contributed by atoms with Gasteiger partial charge in [-0.15, -0.1) is 0 Å². The molecule has 0 fully saturated rings. The second-order valence-electron chi connectivity index (χ2n) is 6.42. The Labute approximate surface area is 135 Å². The lowest BCUT2D eigenvalue weighted by molar-refractivity contribution is -0.137. The Hall–Kier alpha value is -2.56. The van der Waals surface area contributed by atoms with Crippen LogP contribution >= 0.6 is 0 Å². The summed E-state index contributed by atoms with van der Waals surface area (Å²) in [4.78, 5) is 23.6. The SMILES string of the molecule is CC(Nc1c(C(=O)OC(C)(C)C)ccc2ccccc12)C(=O)O. The second kappa shape index (κ2) is 6.28. The molecular weight excluding hydrogens is 294 g/mol. The van der Waals surface area contributed by atoms with E-state index in [9.17, 15) is 9.59 Å². The van der Waals surface area contributed by atoms with Crippen LogP contribution in [0.4, 0.5) is 5.69 Å². The molecule has 0 radical (unpaired) electrons. The van der Waals surface area contributed by atoms with Crippen molar-refractivity contribution < 1.29 is 19.4 Å². The van der Waals surface area contributed by atoms with Gasteiger partial charge in [-0.3, -0.25) is 4.79 Å². The molecule has 0 bridgehead atoms. The molecular formula is C18H21NO4. The van der Waals surface area contributed by atoms with Crippen LogP contribution in [0.5, 0.6) is 0 Å². The summed E-state index contributed by atoms with van der Waals surface area (Å²) in [6.45, 7) is 6.90. The number of hydrogen-bond acceptors (Lipinski definition) is 4. The molecule has 0 aromatic heterocycles. The van der Waals surface area contributed by atoms with Crippen LogP contribution in [0.15, 0.2) is 36.4 Å². The predicted molar refractivity (Wildman–Crippen MR) is 89.8 cm³/mol. The fourth-order valence-electron chi connectivity index (χ4n) is 2.21. The van der Waals surface area contributed by atoms with E-state index in [-0.39, 0.29) is 0 Å². The molecule has 5 nitrogen and oxygen atoms in total. The number of rotatable bonds is 4. The zero-order valence-electron chi connectivity index (χ0n) is 13.7. The van der Waals surface area contributed by atoms with Crippen LogP contribution in [0.2, 0.25) is 0 Å². The molecule has 122 valence electrons. The second-order valence-corrected chi connectivity index (χ2v) is 6.42. The summed E-state index contributed by atoms with van der Waals surface area (Å²) >= 11 is 0. The van der Waals surface area contributed by atoms with Crippen molar-refractivity contribution in [2.24, 2.45) is 0 Å². The predicted octanol–water partition coefficient (Wildman–Crippen LogP) is 3.68. The van der Waals surface area contributed by atoms with Crippen molar-refractivity contribution in [2.45, 2.75) is 39.3 Å². The van der Waals surface area contributed by atoms with Gasteiger partial charge in [-0.05, 0) is 39.1 Å². The molecule has 2 N–H and O–H groups in total. The highest BCUT2D eigenvalue weighted by atomic mass is 16.6. The Kier molecular flexibility index (Phi) is 4.59. The summed E-state index contributed by atoms with van der Waals surface area (Å²) in [6, 6.07) is 10.1. The highest BCUT2D eigenvalue weighted by molar-refractivity contribution is 6.07. The van der Waals surface area contributed by atoms with E-state index in [1.54, 1.807) is 26.8 Å². The van der Waals surface area contributed by atoms with Gasteiger partial charge in [0.25, 0.3) is 0 Å². The topological polar surface area (TPSA) is 75.6 Å². The van der Waals surface area contributed by atoms with Crippen LogP contribution in [0, 0.1) is 0 Å². The third kappa shape index (κ3) is 4.00. The molecule has 2 aromatic carbocycles. The first-order chi connectivity index (χ1) is 10.7. The lowest BCUT2D eigenvalue weighted by atomic mass is 10.0. The monoisotopic (exact) mass is 315 g/mol. The maximum absolute atomic E-state index is 12.5. The molecule has 5 heteroatoms. The van der Waals surface area contributed by atoms with Gasteiger partial charge in [0, 0.05) is 5.39 Å². The first-order valence-corrected chi connectivity index (χ1v) is 7.43. The molecule has 0 amide bonds. The van der Waals surface area contributed by atoms with Crippen molar-refractivity contribution >= 4 is 28.4 Å². The van der Waals surface area contributed by atoms with E-state index in [1.807, 2.05) is 30.3 Å². The number of nitrogens with one attached hydrogen (secondary N) is 1. The summed E-state index contributed by atoms with van der Waals surface area (Å²) in [5.74, 6) is -1.48. The number of benzene rings is 2. The number of ether oxygens (including phenoxy) is 1. The molecule has 0 heterocycles. The van der Waals surface area contributed by atoms with Crippen LogP contribution in [-0.4, -0.2) is 28.7 Å². The zero-order chi connectivity index (χ0) is 17.2. The first-order valence-electron chi connectivity index (χ1n) is 7.43. The van der Waals surface area contributed by atoms with E-state index >= 15 is 0 Å². The number of aliphatic carboxylic acids is 1. The van der Waals surface area contributed by atoms with Gasteiger partial charge in [0.05, 0.1) is 11.3 Å². The van der Waals surface area contributed by atoms with Crippen LogP contribution < -0.4 is 5.32 Å². The Morgan fingerprint density at radius 3 is 2.39 bits per heavy atom. The Bertz CT molecular complexity index is 746. The molecule has 0 aliphatic rings. The third-order valence-corrected chi connectivity index (χ3v) is 3.28. The van der Waals surface area contributed by atoms with Crippen molar-refractivity contribution in [3.05, 3.63) is 42.0 Å². The normalized spacial score (nSPS) is 12.7. The van der Waals surface area contributed by atoms with Crippen LogP contribution in [0.3, 0.4) is 0 Å². The van der Waals surface area contributed by atoms with E-state index < -0.39 is 23.6 Å². The lowest BCUT2D eigenvalue weighted by Gasteiger charge is -2.22.